The highest BCUT2D eigenvalue weighted by molar-refractivity contribution is 7.89. The van der Waals surface area contributed by atoms with Crippen LogP contribution in [0.25, 0.3) is 0 Å². The minimum Gasteiger partial charge on any atom is -0.345 e. The third-order valence-corrected chi connectivity index (χ3v) is 7.76. The fourth-order valence-corrected chi connectivity index (χ4v) is 5.01. The molecule has 0 fully saturated rings. The molecule has 0 radical (unpaired) electrons. The van der Waals surface area contributed by atoms with Crippen molar-refractivity contribution in [2.45, 2.75) is 74.9 Å². The molecule has 2 rings (SSSR count). The molecule has 2 aromatic rings. The highest BCUT2D eigenvalue weighted by Crippen LogP contribution is 2.11. The van der Waals surface area contributed by atoms with Crippen LogP contribution in [0.5, 0.6) is 0 Å². The van der Waals surface area contributed by atoms with E-state index in [-0.39, 0.29) is 42.7 Å². The second-order valence-corrected chi connectivity index (χ2v) is 11.4. The second kappa shape index (κ2) is 20.4. The molecule has 2 aromatic carbocycles. The van der Waals surface area contributed by atoms with Gasteiger partial charge in [0, 0.05) is 13.0 Å². The molecule has 0 bridgehead atoms. The third kappa shape index (κ3) is 14.3. The molecule has 0 saturated carbocycles. The van der Waals surface area contributed by atoms with Crippen molar-refractivity contribution in [2.24, 2.45) is 11.5 Å². The van der Waals surface area contributed by atoms with Crippen LogP contribution >= 0.6 is 24.8 Å². The Morgan fingerprint density at radius 3 is 2.12 bits per heavy atom. The van der Waals surface area contributed by atoms with Crippen molar-refractivity contribution in [1.29, 1.82) is 0 Å². The highest BCUT2D eigenvalue weighted by Gasteiger charge is 2.26. The van der Waals surface area contributed by atoms with E-state index in [9.17, 15) is 22.8 Å². The Labute approximate surface area is 255 Å². The van der Waals surface area contributed by atoms with E-state index in [1.165, 1.54) is 0 Å². The summed E-state index contributed by atoms with van der Waals surface area (Å²) >= 11 is 0. The van der Waals surface area contributed by atoms with Crippen molar-refractivity contribution in [1.82, 2.24) is 15.4 Å². The zero-order chi connectivity index (χ0) is 28.7. The second-order valence-electron chi connectivity index (χ2n) is 9.60. The van der Waals surface area contributed by atoms with E-state index in [2.05, 4.69) is 15.4 Å². The molecule has 3 atom stereocenters. The Balaban J connectivity index is 0.00000800. The molecular formula is C28H43Cl2N5O5S. The van der Waals surface area contributed by atoms with Crippen molar-refractivity contribution in [2.75, 3.05) is 13.1 Å². The number of hydrogen-bond acceptors (Lipinski definition) is 7. The maximum absolute atomic E-state index is 13.0. The number of hydrogen-bond donors (Lipinski definition) is 5. The van der Waals surface area contributed by atoms with Crippen molar-refractivity contribution >= 4 is 52.9 Å². The van der Waals surface area contributed by atoms with Gasteiger partial charge >= 0.3 is 0 Å². The quantitative estimate of drug-likeness (QED) is 0.124. The normalized spacial score (nSPS) is 13.0. The van der Waals surface area contributed by atoms with Crippen LogP contribution in [0.3, 0.4) is 0 Å². The zero-order valence-electron chi connectivity index (χ0n) is 23.3. The topological polar surface area (TPSA) is 173 Å². The SMILES string of the molecule is Cc1ccc(S(=O)(=O)NCCCC[C@@H](N)C(=O)N[C@@H](Cc2ccccc2)C(=O)N[C@H](C=O)CCCCN)cc1.Cl.Cl. The van der Waals surface area contributed by atoms with Gasteiger partial charge in [0.1, 0.15) is 12.3 Å². The number of nitrogens with two attached hydrogens (primary N) is 2. The van der Waals surface area contributed by atoms with Crippen molar-refractivity contribution < 1.29 is 22.8 Å². The standard InChI is InChI=1S/C28H41N5O5S.2ClH/c1-21-13-15-24(16-14-21)39(37,38)31-18-8-6-12-25(30)27(35)33-26(19-22-9-3-2-4-10-22)28(36)32-23(20-34)11-5-7-17-29;;/h2-4,9-10,13-16,20,23,25-26,31H,5-8,11-12,17-19,29-30H2,1H3,(H,32,36)(H,33,35);2*1H/t23-,25+,26-;;/m0../s1. The van der Waals surface area contributed by atoms with Gasteiger partial charge < -0.3 is 26.9 Å². The van der Waals surface area contributed by atoms with Crippen molar-refractivity contribution in [3.05, 3.63) is 65.7 Å². The molecule has 0 saturated heterocycles. The molecule has 0 aliphatic rings. The molecule has 0 spiro atoms. The van der Waals surface area contributed by atoms with Crippen LogP contribution in [0.2, 0.25) is 0 Å². The van der Waals surface area contributed by atoms with Gasteiger partial charge in [0.2, 0.25) is 21.8 Å². The Bertz CT molecular complexity index is 1150. The van der Waals surface area contributed by atoms with Crippen LogP contribution in [0.15, 0.2) is 59.5 Å². The first kappa shape index (κ1) is 38.5. The van der Waals surface area contributed by atoms with Gasteiger partial charge in [-0.3, -0.25) is 9.59 Å². The number of aryl methyl sites for hydroxylation is 1. The summed E-state index contributed by atoms with van der Waals surface area (Å²) in [4.78, 5) is 37.5. The molecule has 10 nitrogen and oxygen atoms in total. The monoisotopic (exact) mass is 631 g/mol. The molecular weight excluding hydrogens is 589 g/mol. The summed E-state index contributed by atoms with van der Waals surface area (Å²) in [5.41, 5.74) is 13.4. The van der Waals surface area contributed by atoms with E-state index in [1.807, 2.05) is 37.3 Å². The molecule has 2 amide bonds. The lowest BCUT2D eigenvalue weighted by Crippen LogP contribution is -2.54. The van der Waals surface area contributed by atoms with Crippen LogP contribution in [0, 0.1) is 6.92 Å². The minimum absolute atomic E-state index is 0. The summed E-state index contributed by atoms with van der Waals surface area (Å²) < 4.78 is 27.3. The van der Waals surface area contributed by atoms with E-state index in [4.69, 9.17) is 11.5 Å². The van der Waals surface area contributed by atoms with Crippen LogP contribution < -0.4 is 26.8 Å². The number of halogens is 2. The number of carbonyl (C=O) groups excluding carboxylic acids is 3. The fourth-order valence-electron chi connectivity index (χ4n) is 3.93. The minimum atomic E-state index is -3.61. The largest absolute Gasteiger partial charge is 0.345 e. The molecule has 0 aliphatic heterocycles. The lowest BCUT2D eigenvalue weighted by atomic mass is 10.0. The fraction of sp³-hybridized carbons (Fsp3) is 0.464. The summed E-state index contributed by atoms with van der Waals surface area (Å²) in [6.45, 7) is 2.59. The van der Waals surface area contributed by atoms with Gasteiger partial charge in [0.25, 0.3) is 0 Å². The summed E-state index contributed by atoms with van der Waals surface area (Å²) in [6, 6.07) is 13.3. The van der Waals surface area contributed by atoms with E-state index < -0.39 is 40.0 Å². The molecule has 41 heavy (non-hydrogen) atoms. The van der Waals surface area contributed by atoms with E-state index >= 15 is 0 Å². The number of unbranched alkanes of at least 4 members (excludes halogenated alkanes) is 2. The molecule has 0 unspecified atom stereocenters. The van der Waals surface area contributed by atoms with Crippen LogP contribution in [-0.4, -0.2) is 57.7 Å². The van der Waals surface area contributed by atoms with Gasteiger partial charge in [0.05, 0.1) is 17.0 Å². The number of amides is 2. The van der Waals surface area contributed by atoms with Gasteiger partial charge in [-0.25, -0.2) is 13.1 Å². The smallest absolute Gasteiger partial charge is 0.243 e. The third-order valence-electron chi connectivity index (χ3n) is 6.28. The lowest BCUT2D eigenvalue weighted by Gasteiger charge is -2.23. The number of nitrogens with one attached hydrogen (secondary N) is 3. The predicted molar refractivity (Wildman–Crippen MR) is 166 cm³/mol. The average Bonchev–Trinajstić information content (AvgIpc) is 2.92. The molecule has 0 aliphatic carbocycles. The summed E-state index contributed by atoms with van der Waals surface area (Å²) in [5, 5.41) is 5.44. The van der Waals surface area contributed by atoms with E-state index in [0.29, 0.717) is 44.9 Å². The Kier molecular flexibility index (Phi) is 19.1. The Morgan fingerprint density at radius 2 is 1.51 bits per heavy atom. The van der Waals surface area contributed by atoms with Gasteiger partial charge in [-0.2, -0.15) is 0 Å². The lowest BCUT2D eigenvalue weighted by molar-refractivity contribution is -0.130. The molecule has 0 aromatic heterocycles. The highest BCUT2D eigenvalue weighted by atomic mass is 35.5. The summed E-state index contributed by atoms with van der Waals surface area (Å²) in [6.07, 6.45) is 4.14. The van der Waals surface area contributed by atoms with E-state index in [1.54, 1.807) is 24.3 Å². The number of benzene rings is 2. The zero-order valence-corrected chi connectivity index (χ0v) is 25.7. The van der Waals surface area contributed by atoms with Crippen LogP contribution in [-0.2, 0) is 30.8 Å². The summed E-state index contributed by atoms with van der Waals surface area (Å²) in [7, 11) is -3.61. The van der Waals surface area contributed by atoms with Gasteiger partial charge in [-0.1, -0.05) is 54.4 Å². The molecule has 230 valence electrons. The van der Waals surface area contributed by atoms with Crippen molar-refractivity contribution in [3.63, 3.8) is 0 Å². The summed E-state index contributed by atoms with van der Waals surface area (Å²) in [5.74, 6) is -0.952. The first-order valence-electron chi connectivity index (χ1n) is 13.3. The first-order chi connectivity index (χ1) is 18.7. The molecule has 7 N–H and O–H groups in total. The number of rotatable bonds is 18. The van der Waals surface area contributed by atoms with Crippen LogP contribution in [0.4, 0.5) is 0 Å². The van der Waals surface area contributed by atoms with Gasteiger partial charge in [-0.05, 0) is 63.3 Å². The number of sulfonamides is 1. The molecule has 13 heteroatoms. The van der Waals surface area contributed by atoms with E-state index in [0.717, 1.165) is 17.5 Å². The number of carbonyl (C=O) groups is 3. The predicted octanol–water partition coefficient (Wildman–Crippen LogP) is 2.15. The first-order valence-corrected chi connectivity index (χ1v) is 14.8. The Hall–Kier alpha value is -2.54. The maximum atomic E-state index is 13.0. The number of aldehydes is 1. The van der Waals surface area contributed by atoms with Crippen molar-refractivity contribution in [3.8, 4) is 0 Å². The van der Waals surface area contributed by atoms with Gasteiger partial charge in [0.15, 0.2) is 0 Å². The van der Waals surface area contributed by atoms with Crippen LogP contribution in [0.1, 0.15) is 49.7 Å². The average molecular weight is 633 g/mol. The molecule has 0 heterocycles. The Morgan fingerprint density at radius 1 is 0.878 bits per heavy atom. The maximum Gasteiger partial charge on any atom is 0.243 e. The van der Waals surface area contributed by atoms with Gasteiger partial charge in [-0.15, -0.1) is 24.8 Å².